The summed E-state index contributed by atoms with van der Waals surface area (Å²) in [5.74, 6) is -1.21. The summed E-state index contributed by atoms with van der Waals surface area (Å²) >= 11 is 0. The highest BCUT2D eigenvalue weighted by Crippen LogP contribution is 2.37. The molecule has 0 bridgehead atoms. The Morgan fingerprint density at radius 2 is 2.00 bits per heavy atom. The SMILES string of the molecule is CCOc1cc(C(F)(F)F)c(C(=O)OC)cc1N. The number of ether oxygens (including phenoxy) is 2. The van der Waals surface area contributed by atoms with Gasteiger partial charge in [-0.15, -0.1) is 0 Å². The maximum atomic E-state index is 12.8. The van der Waals surface area contributed by atoms with Crippen LogP contribution in [0.1, 0.15) is 22.8 Å². The van der Waals surface area contributed by atoms with Crippen molar-refractivity contribution in [2.75, 3.05) is 19.5 Å². The van der Waals surface area contributed by atoms with Crippen LogP contribution in [-0.2, 0) is 10.9 Å². The van der Waals surface area contributed by atoms with E-state index in [1.807, 2.05) is 0 Å². The average molecular weight is 263 g/mol. The topological polar surface area (TPSA) is 61.5 Å². The van der Waals surface area contributed by atoms with E-state index in [-0.39, 0.29) is 18.0 Å². The van der Waals surface area contributed by atoms with Crippen molar-refractivity contribution in [1.82, 2.24) is 0 Å². The second-order valence-electron chi connectivity index (χ2n) is 3.36. The van der Waals surface area contributed by atoms with E-state index in [0.29, 0.717) is 6.07 Å². The third-order valence-corrected chi connectivity index (χ3v) is 2.16. The number of hydrogen-bond acceptors (Lipinski definition) is 4. The van der Waals surface area contributed by atoms with E-state index in [4.69, 9.17) is 10.5 Å². The van der Waals surface area contributed by atoms with E-state index in [2.05, 4.69) is 4.74 Å². The molecule has 0 unspecified atom stereocenters. The van der Waals surface area contributed by atoms with Gasteiger partial charge in [0.1, 0.15) is 5.75 Å². The lowest BCUT2D eigenvalue weighted by molar-refractivity contribution is -0.138. The van der Waals surface area contributed by atoms with Gasteiger partial charge in [-0.25, -0.2) is 4.79 Å². The van der Waals surface area contributed by atoms with Crippen molar-refractivity contribution in [3.63, 3.8) is 0 Å². The smallest absolute Gasteiger partial charge is 0.417 e. The molecule has 2 N–H and O–H groups in total. The van der Waals surface area contributed by atoms with Crippen LogP contribution in [0.2, 0.25) is 0 Å². The number of benzene rings is 1. The highest BCUT2D eigenvalue weighted by molar-refractivity contribution is 5.93. The molecule has 0 heterocycles. The number of hydrogen-bond donors (Lipinski definition) is 1. The van der Waals surface area contributed by atoms with Crippen molar-refractivity contribution in [3.05, 3.63) is 23.3 Å². The number of rotatable bonds is 3. The van der Waals surface area contributed by atoms with E-state index < -0.39 is 23.3 Å². The van der Waals surface area contributed by atoms with Gasteiger partial charge in [0.2, 0.25) is 0 Å². The fourth-order valence-electron chi connectivity index (χ4n) is 1.39. The van der Waals surface area contributed by atoms with Gasteiger partial charge in [-0.05, 0) is 19.1 Å². The maximum Gasteiger partial charge on any atom is 0.417 e. The maximum absolute atomic E-state index is 12.8. The molecule has 0 amide bonds. The number of halogens is 3. The second-order valence-corrected chi connectivity index (χ2v) is 3.36. The molecular weight excluding hydrogens is 251 g/mol. The molecule has 0 radical (unpaired) electrons. The molecule has 4 nitrogen and oxygen atoms in total. The predicted molar refractivity (Wildman–Crippen MR) is 58.4 cm³/mol. The first-order valence-electron chi connectivity index (χ1n) is 5.03. The monoisotopic (exact) mass is 263 g/mol. The zero-order valence-corrected chi connectivity index (χ0v) is 9.80. The first kappa shape index (κ1) is 14.1. The highest BCUT2D eigenvalue weighted by atomic mass is 19.4. The van der Waals surface area contributed by atoms with Crippen molar-refractivity contribution in [1.29, 1.82) is 0 Å². The second kappa shape index (κ2) is 5.16. The summed E-state index contributed by atoms with van der Waals surface area (Å²) in [5.41, 5.74) is 3.70. The number of nitrogen functional groups attached to an aromatic ring is 1. The van der Waals surface area contributed by atoms with Gasteiger partial charge in [0.05, 0.1) is 30.5 Å². The highest BCUT2D eigenvalue weighted by Gasteiger charge is 2.36. The molecule has 1 aromatic rings. The zero-order valence-electron chi connectivity index (χ0n) is 9.80. The van der Waals surface area contributed by atoms with Crippen molar-refractivity contribution in [2.45, 2.75) is 13.1 Å². The van der Waals surface area contributed by atoms with E-state index in [1.54, 1.807) is 6.92 Å². The summed E-state index contributed by atoms with van der Waals surface area (Å²) in [5, 5.41) is 0. The van der Waals surface area contributed by atoms with Gasteiger partial charge in [-0.1, -0.05) is 0 Å². The first-order valence-corrected chi connectivity index (χ1v) is 5.03. The quantitative estimate of drug-likeness (QED) is 0.672. The van der Waals surface area contributed by atoms with Crippen LogP contribution in [0.25, 0.3) is 0 Å². The standard InChI is InChI=1S/C11H12F3NO3/c1-3-18-9-5-7(11(12,13)14)6(4-8(9)15)10(16)17-2/h4-5H,3,15H2,1-2H3. The van der Waals surface area contributed by atoms with Crippen LogP contribution in [0.15, 0.2) is 12.1 Å². The Morgan fingerprint density at radius 3 is 2.44 bits per heavy atom. The minimum Gasteiger partial charge on any atom is -0.492 e. The number of anilines is 1. The number of carbonyl (C=O) groups excluding carboxylic acids is 1. The molecule has 0 aliphatic carbocycles. The van der Waals surface area contributed by atoms with Gasteiger partial charge in [0, 0.05) is 0 Å². The molecule has 0 aliphatic rings. The molecule has 0 saturated carbocycles. The lowest BCUT2D eigenvalue weighted by atomic mass is 10.1. The van der Waals surface area contributed by atoms with Crippen molar-refractivity contribution in [3.8, 4) is 5.75 Å². The number of carbonyl (C=O) groups is 1. The van der Waals surface area contributed by atoms with Crippen LogP contribution in [-0.4, -0.2) is 19.7 Å². The van der Waals surface area contributed by atoms with Crippen LogP contribution in [0.3, 0.4) is 0 Å². The molecule has 0 atom stereocenters. The summed E-state index contributed by atoms with van der Waals surface area (Å²) in [7, 11) is 0.995. The van der Waals surface area contributed by atoms with Crippen molar-refractivity contribution in [2.24, 2.45) is 0 Å². The Kier molecular flexibility index (Phi) is 4.05. The Morgan fingerprint density at radius 1 is 1.39 bits per heavy atom. The summed E-state index contributed by atoms with van der Waals surface area (Å²) in [6, 6.07) is 1.60. The fraction of sp³-hybridized carbons (Fsp3) is 0.364. The molecule has 1 rings (SSSR count). The summed E-state index contributed by atoms with van der Waals surface area (Å²) in [6.45, 7) is 1.78. The molecule has 0 aliphatic heterocycles. The third kappa shape index (κ3) is 2.85. The van der Waals surface area contributed by atoms with Crippen LogP contribution in [0.5, 0.6) is 5.75 Å². The van der Waals surface area contributed by atoms with Gasteiger partial charge in [0.15, 0.2) is 0 Å². The van der Waals surface area contributed by atoms with E-state index in [1.165, 1.54) is 0 Å². The predicted octanol–water partition coefficient (Wildman–Crippen LogP) is 2.47. The van der Waals surface area contributed by atoms with Crippen LogP contribution in [0, 0.1) is 0 Å². The van der Waals surface area contributed by atoms with E-state index in [0.717, 1.165) is 13.2 Å². The summed E-state index contributed by atoms with van der Waals surface area (Å²) < 4.78 is 47.6. The van der Waals surface area contributed by atoms with Gasteiger partial charge >= 0.3 is 12.1 Å². The lowest BCUT2D eigenvalue weighted by Gasteiger charge is -2.15. The molecule has 0 fully saturated rings. The Bertz CT molecular complexity index is 458. The third-order valence-electron chi connectivity index (χ3n) is 2.16. The molecule has 0 spiro atoms. The Labute approximate surface area is 101 Å². The largest absolute Gasteiger partial charge is 0.492 e. The minimum atomic E-state index is -4.69. The van der Waals surface area contributed by atoms with Gasteiger partial charge in [0.25, 0.3) is 0 Å². The molecule has 0 aromatic heterocycles. The van der Waals surface area contributed by atoms with Gasteiger partial charge < -0.3 is 15.2 Å². The normalized spacial score (nSPS) is 11.2. The molecule has 100 valence electrons. The van der Waals surface area contributed by atoms with Crippen LogP contribution < -0.4 is 10.5 Å². The van der Waals surface area contributed by atoms with Gasteiger partial charge in [-0.3, -0.25) is 0 Å². The average Bonchev–Trinajstić information content (AvgIpc) is 2.29. The zero-order chi connectivity index (χ0) is 13.9. The van der Waals surface area contributed by atoms with Crippen molar-refractivity contribution >= 4 is 11.7 Å². The molecule has 0 saturated heterocycles. The van der Waals surface area contributed by atoms with E-state index in [9.17, 15) is 18.0 Å². The van der Waals surface area contributed by atoms with Gasteiger partial charge in [-0.2, -0.15) is 13.2 Å². The minimum absolute atomic E-state index is 0.0507. The number of methoxy groups -OCH3 is 1. The molecule has 7 heteroatoms. The molecule has 18 heavy (non-hydrogen) atoms. The Hall–Kier alpha value is -1.92. The fourth-order valence-corrected chi connectivity index (χ4v) is 1.39. The summed E-state index contributed by atoms with van der Waals surface area (Å²) in [4.78, 5) is 11.3. The van der Waals surface area contributed by atoms with Crippen molar-refractivity contribution < 1.29 is 27.4 Å². The number of nitrogens with two attached hydrogens (primary N) is 1. The molecule has 1 aromatic carbocycles. The summed E-state index contributed by atoms with van der Waals surface area (Å²) in [6.07, 6.45) is -4.69. The number of alkyl halides is 3. The van der Waals surface area contributed by atoms with E-state index >= 15 is 0 Å². The Balaban J connectivity index is 3.42. The van der Waals surface area contributed by atoms with Crippen LogP contribution in [0.4, 0.5) is 18.9 Å². The van der Waals surface area contributed by atoms with Crippen LogP contribution >= 0.6 is 0 Å². The lowest BCUT2D eigenvalue weighted by Crippen LogP contribution is -2.15. The molecular formula is C11H12F3NO3. The first-order chi connectivity index (χ1) is 8.31. The number of esters is 1.